The summed E-state index contributed by atoms with van der Waals surface area (Å²) in [5.74, 6) is 0.740. The van der Waals surface area contributed by atoms with Crippen LogP contribution in [-0.4, -0.2) is 29.9 Å². The number of hydrogen-bond donors (Lipinski definition) is 1. The van der Waals surface area contributed by atoms with E-state index in [1.54, 1.807) is 12.1 Å². The van der Waals surface area contributed by atoms with Gasteiger partial charge in [0.05, 0.1) is 0 Å². The third kappa shape index (κ3) is 3.28. The highest BCUT2D eigenvalue weighted by Gasteiger charge is 2.30. The van der Waals surface area contributed by atoms with Crippen molar-refractivity contribution in [2.24, 2.45) is 11.7 Å². The predicted octanol–water partition coefficient (Wildman–Crippen LogP) is 2.93. The van der Waals surface area contributed by atoms with Crippen LogP contribution in [-0.2, 0) is 0 Å². The fraction of sp³-hybridized carbons (Fsp3) is 0.533. The fourth-order valence-electron chi connectivity index (χ4n) is 2.78. The summed E-state index contributed by atoms with van der Waals surface area (Å²) in [6.45, 7) is 3.53. The molecule has 0 radical (unpaired) electrons. The number of nitrogens with zero attached hydrogens (tertiary/aromatic N) is 1. The van der Waals surface area contributed by atoms with Gasteiger partial charge in [-0.05, 0) is 37.0 Å². The van der Waals surface area contributed by atoms with Gasteiger partial charge in [0.25, 0.3) is 5.91 Å². The van der Waals surface area contributed by atoms with Gasteiger partial charge in [-0.2, -0.15) is 0 Å². The number of piperidine rings is 1. The molecule has 1 heterocycles. The molecular weight excluding hydrogens is 260 g/mol. The van der Waals surface area contributed by atoms with Crippen molar-refractivity contribution in [3.8, 4) is 0 Å². The summed E-state index contributed by atoms with van der Waals surface area (Å²) in [5, 5.41) is 0.596. The van der Waals surface area contributed by atoms with Crippen LogP contribution in [0.15, 0.2) is 24.3 Å². The van der Waals surface area contributed by atoms with Crippen molar-refractivity contribution in [3.63, 3.8) is 0 Å². The van der Waals surface area contributed by atoms with Crippen molar-refractivity contribution in [1.29, 1.82) is 0 Å². The quantitative estimate of drug-likeness (QED) is 0.925. The number of benzene rings is 1. The highest BCUT2D eigenvalue weighted by atomic mass is 35.5. The van der Waals surface area contributed by atoms with E-state index in [1.807, 2.05) is 17.0 Å². The highest BCUT2D eigenvalue weighted by molar-refractivity contribution is 6.30. The number of hydrogen-bond acceptors (Lipinski definition) is 2. The maximum atomic E-state index is 12.5. The molecule has 1 aromatic rings. The summed E-state index contributed by atoms with van der Waals surface area (Å²) in [7, 11) is 0. The summed E-state index contributed by atoms with van der Waals surface area (Å²) in [6.07, 6.45) is 3.24. The van der Waals surface area contributed by atoms with Gasteiger partial charge in [0.15, 0.2) is 0 Å². The Hall–Kier alpha value is -1.06. The number of halogens is 1. The fourth-order valence-corrected chi connectivity index (χ4v) is 2.97. The van der Waals surface area contributed by atoms with Gasteiger partial charge in [0.1, 0.15) is 0 Å². The first-order valence-corrected chi connectivity index (χ1v) is 7.30. The molecule has 4 heteroatoms. The van der Waals surface area contributed by atoms with Gasteiger partial charge in [-0.3, -0.25) is 4.79 Å². The number of likely N-dealkylation sites (tertiary alicyclic amines) is 1. The number of rotatable bonds is 3. The first-order chi connectivity index (χ1) is 9.15. The number of amides is 1. The Balaban J connectivity index is 2.14. The normalized spacial score (nSPS) is 23.4. The van der Waals surface area contributed by atoms with E-state index in [4.69, 9.17) is 17.3 Å². The van der Waals surface area contributed by atoms with Gasteiger partial charge in [-0.25, -0.2) is 0 Å². The maximum Gasteiger partial charge on any atom is 0.254 e. The molecule has 2 rings (SSSR count). The van der Waals surface area contributed by atoms with Gasteiger partial charge in [-0.1, -0.05) is 31.0 Å². The van der Waals surface area contributed by atoms with Gasteiger partial charge in [0, 0.05) is 29.7 Å². The monoisotopic (exact) mass is 280 g/mol. The van der Waals surface area contributed by atoms with Crippen molar-refractivity contribution in [2.45, 2.75) is 32.2 Å². The van der Waals surface area contributed by atoms with Gasteiger partial charge in [0.2, 0.25) is 0 Å². The van der Waals surface area contributed by atoms with E-state index in [9.17, 15) is 4.79 Å². The first kappa shape index (κ1) is 14.4. The number of carbonyl (C=O) groups excluding carboxylic acids is 1. The molecule has 1 fully saturated rings. The van der Waals surface area contributed by atoms with Crippen molar-refractivity contribution in [3.05, 3.63) is 34.9 Å². The van der Waals surface area contributed by atoms with Crippen molar-refractivity contribution >= 4 is 17.5 Å². The SMILES string of the molecule is CCC1CCN(C(=O)c2cccc(Cl)c2)C(CN)C1. The zero-order chi connectivity index (χ0) is 13.8. The average Bonchev–Trinajstić information content (AvgIpc) is 2.45. The molecule has 1 aromatic carbocycles. The molecule has 0 aromatic heterocycles. The van der Waals surface area contributed by atoms with Crippen molar-refractivity contribution < 1.29 is 4.79 Å². The Kier molecular flexibility index (Phi) is 4.83. The molecule has 2 unspecified atom stereocenters. The van der Waals surface area contributed by atoms with E-state index < -0.39 is 0 Å². The molecule has 19 heavy (non-hydrogen) atoms. The highest BCUT2D eigenvalue weighted by Crippen LogP contribution is 2.26. The molecule has 1 amide bonds. The second-order valence-electron chi connectivity index (χ2n) is 5.20. The second-order valence-corrected chi connectivity index (χ2v) is 5.63. The predicted molar refractivity (Wildman–Crippen MR) is 78.3 cm³/mol. The lowest BCUT2D eigenvalue weighted by Crippen LogP contribution is -2.49. The molecule has 1 saturated heterocycles. The van der Waals surface area contributed by atoms with Gasteiger partial charge < -0.3 is 10.6 Å². The van der Waals surface area contributed by atoms with E-state index in [0.29, 0.717) is 23.0 Å². The standard InChI is InChI=1S/C15H21ClN2O/c1-2-11-6-7-18(14(8-11)10-17)15(19)12-4-3-5-13(16)9-12/h3-5,9,11,14H,2,6-8,10,17H2,1H3. The van der Waals surface area contributed by atoms with Crippen molar-refractivity contribution in [1.82, 2.24) is 4.90 Å². The summed E-state index contributed by atoms with van der Waals surface area (Å²) in [5.41, 5.74) is 6.49. The largest absolute Gasteiger partial charge is 0.334 e. The third-order valence-electron chi connectivity index (χ3n) is 4.01. The topological polar surface area (TPSA) is 46.3 Å². The Morgan fingerprint density at radius 2 is 2.32 bits per heavy atom. The molecule has 0 aliphatic carbocycles. The zero-order valence-electron chi connectivity index (χ0n) is 11.3. The van der Waals surface area contributed by atoms with E-state index in [-0.39, 0.29) is 11.9 Å². The third-order valence-corrected chi connectivity index (χ3v) is 4.24. The minimum Gasteiger partial charge on any atom is -0.334 e. The number of carbonyl (C=O) groups is 1. The minimum atomic E-state index is 0.0486. The summed E-state index contributed by atoms with van der Waals surface area (Å²) >= 11 is 5.95. The molecule has 0 bridgehead atoms. The lowest BCUT2D eigenvalue weighted by Gasteiger charge is -2.39. The van der Waals surface area contributed by atoms with Crippen LogP contribution in [0.25, 0.3) is 0 Å². The molecule has 0 saturated carbocycles. The average molecular weight is 281 g/mol. The second kappa shape index (κ2) is 6.40. The molecule has 104 valence electrons. The van der Waals surface area contributed by atoms with E-state index in [0.717, 1.165) is 25.8 Å². The maximum absolute atomic E-state index is 12.5. The van der Waals surface area contributed by atoms with Crippen LogP contribution in [0.4, 0.5) is 0 Å². The minimum absolute atomic E-state index is 0.0486. The molecule has 1 aliphatic rings. The van der Waals surface area contributed by atoms with Crippen LogP contribution in [0.5, 0.6) is 0 Å². The molecular formula is C15H21ClN2O. The van der Waals surface area contributed by atoms with Crippen LogP contribution in [0.2, 0.25) is 5.02 Å². The number of nitrogens with two attached hydrogens (primary N) is 1. The summed E-state index contributed by atoms with van der Waals surface area (Å²) in [6, 6.07) is 7.29. The molecule has 1 aliphatic heterocycles. The van der Waals surface area contributed by atoms with Crippen LogP contribution >= 0.6 is 11.6 Å². The lowest BCUT2D eigenvalue weighted by atomic mass is 9.88. The zero-order valence-corrected chi connectivity index (χ0v) is 12.1. The Morgan fingerprint density at radius 3 is 2.95 bits per heavy atom. The summed E-state index contributed by atoms with van der Waals surface area (Å²) < 4.78 is 0. The van der Waals surface area contributed by atoms with Crippen LogP contribution in [0.3, 0.4) is 0 Å². The van der Waals surface area contributed by atoms with Crippen LogP contribution < -0.4 is 5.73 Å². The van der Waals surface area contributed by atoms with Crippen LogP contribution in [0.1, 0.15) is 36.5 Å². The Morgan fingerprint density at radius 1 is 1.53 bits per heavy atom. The first-order valence-electron chi connectivity index (χ1n) is 6.92. The van der Waals surface area contributed by atoms with E-state index >= 15 is 0 Å². The van der Waals surface area contributed by atoms with E-state index in [2.05, 4.69) is 6.92 Å². The smallest absolute Gasteiger partial charge is 0.254 e. The van der Waals surface area contributed by atoms with Crippen LogP contribution in [0, 0.1) is 5.92 Å². The van der Waals surface area contributed by atoms with Gasteiger partial charge in [-0.15, -0.1) is 0 Å². The lowest BCUT2D eigenvalue weighted by molar-refractivity contribution is 0.0558. The molecule has 2 N–H and O–H groups in total. The molecule has 3 nitrogen and oxygen atoms in total. The van der Waals surface area contributed by atoms with E-state index in [1.165, 1.54) is 0 Å². The van der Waals surface area contributed by atoms with Crippen molar-refractivity contribution in [2.75, 3.05) is 13.1 Å². The van der Waals surface area contributed by atoms with Gasteiger partial charge >= 0.3 is 0 Å². The molecule has 2 atom stereocenters. The molecule has 0 spiro atoms. The Bertz CT molecular complexity index is 450. The summed E-state index contributed by atoms with van der Waals surface area (Å²) in [4.78, 5) is 14.4. The Labute approximate surface area is 119 Å².